The van der Waals surface area contributed by atoms with Crippen LogP contribution in [-0.4, -0.2) is 22.3 Å². The third kappa shape index (κ3) is 5.85. The Morgan fingerprint density at radius 1 is 1.45 bits per heavy atom. The van der Waals surface area contributed by atoms with Crippen molar-refractivity contribution >= 4 is 5.97 Å². The number of carboxylic acid groups (broad SMARTS) is 1. The average molecular weight is 160 g/mol. The molecule has 0 aromatic rings. The van der Waals surface area contributed by atoms with Gasteiger partial charge in [0.05, 0.1) is 0 Å². The lowest BCUT2D eigenvalue weighted by Gasteiger charge is -2.18. The first-order valence-corrected chi connectivity index (χ1v) is 3.74. The highest BCUT2D eigenvalue weighted by Crippen LogP contribution is 2.21. The second-order valence-electron chi connectivity index (χ2n) is 3.95. The lowest BCUT2D eigenvalue weighted by molar-refractivity contribution is -0.147. The Morgan fingerprint density at radius 2 is 1.91 bits per heavy atom. The molecule has 0 aliphatic rings. The fourth-order valence-electron chi connectivity index (χ4n) is 0.693. The zero-order chi connectivity index (χ0) is 9.07. The fraction of sp³-hybridized carbons (Fsp3) is 0.875. The lowest BCUT2D eigenvalue weighted by Crippen LogP contribution is -2.21. The molecule has 0 radical (unpaired) electrons. The van der Waals surface area contributed by atoms with Gasteiger partial charge in [-0.05, 0) is 18.3 Å². The first-order valence-electron chi connectivity index (χ1n) is 3.74. The quantitative estimate of drug-likeness (QED) is 0.653. The monoisotopic (exact) mass is 160 g/mol. The summed E-state index contributed by atoms with van der Waals surface area (Å²) in [7, 11) is 0. The molecule has 2 N–H and O–H groups in total. The van der Waals surface area contributed by atoms with Gasteiger partial charge in [-0.15, -0.1) is 0 Å². The van der Waals surface area contributed by atoms with E-state index >= 15 is 0 Å². The summed E-state index contributed by atoms with van der Waals surface area (Å²) in [6, 6.07) is 0. The number of aliphatic hydroxyl groups is 1. The lowest BCUT2D eigenvalue weighted by atomic mass is 9.89. The van der Waals surface area contributed by atoms with Crippen molar-refractivity contribution in [3.63, 3.8) is 0 Å². The van der Waals surface area contributed by atoms with Crippen LogP contribution in [0.4, 0.5) is 0 Å². The third-order valence-corrected chi connectivity index (χ3v) is 1.45. The largest absolute Gasteiger partial charge is 0.479 e. The van der Waals surface area contributed by atoms with Gasteiger partial charge in [0.2, 0.25) is 0 Å². The molecule has 0 aliphatic heterocycles. The summed E-state index contributed by atoms with van der Waals surface area (Å²) in [5, 5.41) is 17.2. The maximum atomic E-state index is 10.2. The summed E-state index contributed by atoms with van der Waals surface area (Å²) in [5.74, 6) is -1.13. The van der Waals surface area contributed by atoms with E-state index in [0.29, 0.717) is 6.42 Å². The molecule has 3 nitrogen and oxygen atoms in total. The normalized spacial score (nSPS) is 14.5. The van der Waals surface area contributed by atoms with Crippen LogP contribution in [0.2, 0.25) is 0 Å². The summed E-state index contributed by atoms with van der Waals surface area (Å²) < 4.78 is 0. The Kier molecular flexibility index (Phi) is 3.52. The van der Waals surface area contributed by atoms with E-state index in [2.05, 4.69) is 0 Å². The molecule has 0 spiro atoms. The Morgan fingerprint density at radius 3 is 2.18 bits per heavy atom. The van der Waals surface area contributed by atoms with Crippen molar-refractivity contribution in [1.82, 2.24) is 0 Å². The van der Waals surface area contributed by atoms with Crippen molar-refractivity contribution in [2.75, 3.05) is 0 Å². The Hall–Kier alpha value is -0.570. The minimum Gasteiger partial charge on any atom is -0.479 e. The Labute approximate surface area is 67.0 Å². The van der Waals surface area contributed by atoms with Gasteiger partial charge >= 0.3 is 5.97 Å². The molecule has 0 rings (SSSR count). The number of carbonyl (C=O) groups is 1. The van der Waals surface area contributed by atoms with E-state index in [1.165, 1.54) is 0 Å². The topological polar surface area (TPSA) is 57.5 Å². The average Bonchev–Trinajstić information content (AvgIpc) is 1.80. The summed E-state index contributed by atoms with van der Waals surface area (Å²) in [6.07, 6.45) is -0.145. The molecule has 11 heavy (non-hydrogen) atoms. The SMILES string of the molecule is CC(C)(C)CCC(O)C(=O)O. The van der Waals surface area contributed by atoms with Crippen LogP contribution < -0.4 is 0 Å². The van der Waals surface area contributed by atoms with Crippen LogP contribution >= 0.6 is 0 Å². The first kappa shape index (κ1) is 10.4. The molecular formula is C8H16O3. The van der Waals surface area contributed by atoms with Crippen LogP contribution in [0, 0.1) is 5.41 Å². The fourth-order valence-corrected chi connectivity index (χ4v) is 0.693. The molecule has 0 heterocycles. The standard InChI is InChI=1S/C8H16O3/c1-8(2,3)5-4-6(9)7(10)11/h6,9H,4-5H2,1-3H3,(H,10,11). The van der Waals surface area contributed by atoms with E-state index in [4.69, 9.17) is 10.2 Å². The highest BCUT2D eigenvalue weighted by molar-refractivity contribution is 5.71. The van der Waals surface area contributed by atoms with Gasteiger partial charge in [0, 0.05) is 0 Å². The molecule has 66 valence electrons. The van der Waals surface area contributed by atoms with Crippen LogP contribution in [0.3, 0.4) is 0 Å². The van der Waals surface area contributed by atoms with E-state index in [0.717, 1.165) is 6.42 Å². The molecule has 0 aromatic heterocycles. The van der Waals surface area contributed by atoms with Gasteiger partial charge in [0.25, 0.3) is 0 Å². The molecule has 0 fully saturated rings. The summed E-state index contributed by atoms with van der Waals surface area (Å²) in [6.45, 7) is 6.05. The molecule has 0 aromatic carbocycles. The van der Waals surface area contributed by atoms with Crippen LogP contribution in [-0.2, 0) is 4.79 Å². The van der Waals surface area contributed by atoms with Gasteiger partial charge < -0.3 is 10.2 Å². The number of carboxylic acids is 1. The van der Waals surface area contributed by atoms with Crippen molar-refractivity contribution in [2.24, 2.45) is 5.41 Å². The molecule has 1 atom stereocenters. The number of rotatable bonds is 3. The van der Waals surface area contributed by atoms with Gasteiger partial charge in [-0.3, -0.25) is 0 Å². The second-order valence-corrected chi connectivity index (χ2v) is 3.95. The Balaban J connectivity index is 3.63. The number of hydrogen-bond acceptors (Lipinski definition) is 2. The minimum atomic E-state index is -1.20. The molecule has 0 saturated heterocycles. The van der Waals surface area contributed by atoms with E-state index in [9.17, 15) is 4.79 Å². The molecule has 0 saturated carbocycles. The second kappa shape index (κ2) is 3.72. The van der Waals surface area contributed by atoms with Crippen LogP contribution in [0.15, 0.2) is 0 Å². The molecule has 0 aliphatic carbocycles. The van der Waals surface area contributed by atoms with Gasteiger partial charge in [-0.2, -0.15) is 0 Å². The predicted octanol–water partition coefficient (Wildman–Crippen LogP) is 1.26. The van der Waals surface area contributed by atoms with Crippen molar-refractivity contribution in [1.29, 1.82) is 0 Å². The number of hydrogen-bond donors (Lipinski definition) is 2. The highest BCUT2D eigenvalue weighted by Gasteiger charge is 2.17. The molecular weight excluding hydrogens is 144 g/mol. The summed E-state index contributed by atoms with van der Waals surface area (Å²) in [4.78, 5) is 10.2. The van der Waals surface area contributed by atoms with Crippen molar-refractivity contribution in [2.45, 2.75) is 39.7 Å². The van der Waals surface area contributed by atoms with E-state index in [1.54, 1.807) is 0 Å². The minimum absolute atomic E-state index is 0.0937. The van der Waals surface area contributed by atoms with Crippen LogP contribution in [0.25, 0.3) is 0 Å². The molecule has 3 heteroatoms. The zero-order valence-corrected chi connectivity index (χ0v) is 7.29. The van der Waals surface area contributed by atoms with E-state index in [1.807, 2.05) is 20.8 Å². The molecule has 0 amide bonds. The maximum Gasteiger partial charge on any atom is 0.332 e. The molecule has 0 bridgehead atoms. The molecule has 1 unspecified atom stereocenters. The van der Waals surface area contributed by atoms with Gasteiger partial charge in [-0.25, -0.2) is 4.79 Å². The van der Waals surface area contributed by atoms with Crippen LogP contribution in [0.1, 0.15) is 33.6 Å². The number of aliphatic carboxylic acids is 1. The van der Waals surface area contributed by atoms with Gasteiger partial charge in [-0.1, -0.05) is 20.8 Å². The van der Waals surface area contributed by atoms with Crippen molar-refractivity contribution in [3.05, 3.63) is 0 Å². The summed E-state index contributed by atoms with van der Waals surface area (Å²) in [5.41, 5.74) is 0.0937. The zero-order valence-electron chi connectivity index (χ0n) is 7.29. The highest BCUT2D eigenvalue weighted by atomic mass is 16.4. The van der Waals surface area contributed by atoms with E-state index < -0.39 is 12.1 Å². The van der Waals surface area contributed by atoms with Gasteiger partial charge in [0.15, 0.2) is 6.10 Å². The summed E-state index contributed by atoms with van der Waals surface area (Å²) >= 11 is 0. The Bertz CT molecular complexity index is 135. The number of aliphatic hydroxyl groups excluding tert-OH is 1. The van der Waals surface area contributed by atoms with E-state index in [-0.39, 0.29) is 5.41 Å². The van der Waals surface area contributed by atoms with Crippen molar-refractivity contribution < 1.29 is 15.0 Å². The van der Waals surface area contributed by atoms with Gasteiger partial charge in [0.1, 0.15) is 0 Å². The van der Waals surface area contributed by atoms with Crippen LogP contribution in [0.5, 0.6) is 0 Å². The predicted molar refractivity (Wildman–Crippen MR) is 42.3 cm³/mol. The maximum absolute atomic E-state index is 10.2. The smallest absolute Gasteiger partial charge is 0.332 e. The first-order chi connectivity index (χ1) is 4.83. The van der Waals surface area contributed by atoms with Crippen molar-refractivity contribution in [3.8, 4) is 0 Å². The third-order valence-electron chi connectivity index (χ3n) is 1.45.